The molecule has 2 nitrogen and oxygen atoms in total. The zero-order valence-corrected chi connectivity index (χ0v) is 8.93. The molecule has 15 heavy (non-hydrogen) atoms. The van der Waals surface area contributed by atoms with Gasteiger partial charge in [-0.2, -0.15) is 13.2 Å². The molecule has 1 rings (SSSR count). The molecule has 1 saturated carbocycles. The summed E-state index contributed by atoms with van der Waals surface area (Å²) >= 11 is 0. The summed E-state index contributed by atoms with van der Waals surface area (Å²) in [5.41, 5.74) is 0. The fraction of sp³-hybridized carbons (Fsp3) is 1.00. The molecule has 1 fully saturated rings. The van der Waals surface area contributed by atoms with Crippen LogP contribution in [0.1, 0.15) is 32.6 Å². The number of nitrogens with zero attached hydrogens (tertiary/aromatic N) is 1. The van der Waals surface area contributed by atoms with E-state index in [-0.39, 0.29) is 6.04 Å². The Balaban J connectivity index is 2.50. The van der Waals surface area contributed by atoms with Gasteiger partial charge in [-0.3, -0.25) is 4.90 Å². The van der Waals surface area contributed by atoms with Gasteiger partial charge in [-0.25, -0.2) is 0 Å². The average Bonchev–Trinajstić information content (AvgIpc) is 2.48. The van der Waals surface area contributed by atoms with Gasteiger partial charge in [-0.05, 0) is 32.2 Å². The van der Waals surface area contributed by atoms with Crippen molar-refractivity contribution in [3.63, 3.8) is 0 Å². The maximum atomic E-state index is 12.3. The highest BCUT2D eigenvalue weighted by atomic mass is 19.4. The van der Waals surface area contributed by atoms with Crippen molar-refractivity contribution in [1.29, 1.82) is 0 Å². The summed E-state index contributed by atoms with van der Waals surface area (Å²) in [6, 6.07) is -0.0958. The van der Waals surface area contributed by atoms with Gasteiger partial charge < -0.3 is 5.11 Å². The van der Waals surface area contributed by atoms with E-state index in [4.69, 9.17) is 0 Å². The molecule has 1 aliphatic carbocycles. The second-order valence-electron chi connectivity index (χ2n) is 4.21. The van der Waals surface area contributed by atoms with Crippen LogP contribution in [0.25, 0.3) is 0 Å². The van der Waals surface area contributed by atoms with Gasteiger partial charge in [0.05, 0.1) is 12.6 Å². The van der Waals surface area contributed by atoms with Gasteiger partial charge in [0.2, 0.25) is 0 Å². The highest BCUT2D eigenvalue weighted by molar-refractivity contribution is 4.83. The van der Waals surface area contributed by atoms with E-state index in [0.717, 1.165) is 0 Å². The largest absolute Gasteiger partial charge is 0.401 e. The van der Waals surface area contributed by atoms with E-state index < -0.39 is 18.8 Å². The fourth-order valence-electron chi connectivity index (χ4n) is 2.17. The molecule has 0 bridgehead atoms. The first kappa shape index (κ1) is 12.8. The third-order valence-electron chi connectivity index (χ3n) is 2.79. The molecule has 0 heterocycles. The number of hydrogen-bond donors (Lipinski definition) is 1. The molecule has 0 spiro atoms. The van der Waals surface area contributed by atoms with Crippen molar-refractivity contribution in [2.24, 2.45) is 0 Å². The van der Waals surface area contributed by atoms with Crippen LogP contribution in [-0.2, 0) is 0 Å². The second kappa shape index (κ2) is 5.16. The van der Waals surface area contributed by atoms with Gasteiger partial charge in [-0.15, -0.1) is 0 Å². The minimum absolute atomic E-state index is 0.0958. The molecule has 0 aromatic carbocycles. The molecular weight excluding hydrogens is 207 g/mol. The summed E-state index contributed by atoms with van der Waals surface area (Å²) in [6.45, 7) is 1.48. The zero-order valence-electron chi connectivity index (χ0n) is 8.93. The molecule has 0 saturated heterocycles. The highest BCUT2D eigenvalue weighted by Crippen LogP contribution is 2.27. The van der Waals surface area contributed by atoms with Crippen LogP contribution in [0.4, 0.5) is 13.2 Å². The molecule has 5 heteroatoms. The van der Waals surface area contributed by atoms with Crippen LogP contribution in [0.3, 0.4) is 0 Å². The Kier molecular flexibility index (Phi) is 4.40. The van der Waals surface area contributed by atoms with E-state index in [2.05, 4.69) is 0 Å². The van der Waals surface area contributed by atoms with Crippen LogP contribution >= 0.6 is 0 Å². The summed E-state index contributed by atoms with van der Waals surface area (Å²) in [5, 5.41) is 9.31. The average molecular weight is 225 g/mol. The van der Waals surface area contributed by atoms with E-state index in [1.54, 1.807) is 0 Å². The molecule has 90 valence electrons. The standard InChI is InChI=1S/C10H18F3NO/c1-2-5-14(7-10(11,12)13)8-3-4-9(15)6-8/h8-9,15H,2-7H2,1H3. The van der Waals surface area contributed by atoms with E-state index in [1.165, 1.54) is 4.90 Å². The van der Waals surface area contributed by atoms with Crippen LogP contribution in [-0.4, -0.2) is 41.4 Å². The number of rotatable bonds is 4. The maximum Gasteiger partial charge on any atom is 0.401 e. The Morgan fingerprint density at radius 2 is 2.00 bits per heavy atom. The van der Waals surface area contributed by atoms with Gasteiger partial charge in [-0.1, -0.05) is 6.92 Å². The van der Waals surface area contributed by atoms with Crippen molar-refractivity contribution in [3.05, 3.63) is 0 Å². The Hall–Kier alpha value is -0.290. The lowest BCUT2D eigenvalue weighted by Gasteiger charge is -2.29. The number of halogens is 3. The Labute approximate surface area is 88.1 Å². The maximum absolute atomic E-state index is 12.3. The highest BCUT2D eigenvalue weighted by Gasteiger charge is 2.36. The molecule has 0 aromatic rings. The van der Waals surface area contributed by atoms with Gasteiger partial charge >= 0.3 is 6.18 Å². The topological polar surface area (TPSA) is 23.5 Å². The first-order chi connectivity index (χ1) is 6.92. The number of aliphatic hydroxyl groups is 1. The fourth-order valence-corrected chi connectivity index (χ4v) is 2.17. The quantitative estimate of drug-likeness (QED) is 0.792. The summed E-state index contributed by atoms with van der Waals surface area (Å²) in [6.07, 6.45) is -2.05. The molecular formula is C10H18F3NO. The summed E-state index contributed by atoms with van der Waals surface area (Å²) in [4.78, 5) is 1.45. The molecule has 2 unspecified atom stereocenters. The van der Waals surface area contributed by atoms with Crippen LogP contribution in [0.2, 0.25) is 0 Å². The molecule has 0 amide bonds. The van der Waals surface area contributed by atoms with Crippen molar-refractivity contribution in [1.82, 2.24) is 4.90 Å². The smallest absolute Gasteiger partial charge is 0.393 e. The van der Waals surface area contributed by atoms with Crippen molar-refractivity contribution in [2.45, 2.75) is 50.9 Å². The SMILES string of the molecule is CCCN(CC(F)(F)F)C1CCC(O)C1. The summed E-state index contributed by atoms with van der Waals surface area (Å²) in [7, 11) is 0. The van der Waals surface area contributed by atoms with Gasteiger partial charge in [0.1, 0.15) is 0 Å². The van der Waals surface area contributed by atoms with Crippen molar-refractivity contribution in [3.8, 4) is 0 Å². The Bertz CT molecular complexity index is 196. The molecule has 1 aliphatic rings. The van der Waals surface area contributed by atoms with Crippen LogP contribution in [0, 0.1) is 0 Å². The van der Waals surface area contributed by atoms with Crippen molar-refractivity contribution in [2.75, 3.05) is 13.1 Å². The van der Waals surface area contributed by atoms with Crippen LogP contribution < -0.4 is 0 Å². The van der Waals surface area contributed by atoms with E-state index >= 15 is 0 Å². The lowest BCUT2D eigenvalue weighted by molar-refractivity contribution is -0.151. The number of hydrogen-bond acceptors (Lipinski definition) is 2. The molecule has 0 radical (unpaired) electrons. The molecule has 2 atom stereocenters. The van der Waals surface area contributed by atoms with E-state index in [1.807, 2.05) is 6.92 Å². The number of alkyl halides is 3. The first-order valence-corrected chi connectivity index (χ1v) is 5.41. The van der Waals surface area contributed by atoms with Crippen molar-refractivity contribution < 1.29 is 18.3 Å². The normalized spacial score (nSPS) is 27.6. The predicted molar refractivity (Wildman–Crippen MR) is 51.6 cm³/mol. The monoisotopic (exact) mass is 225 g/mol. The van der Waals surface area contributed by atoms with Crippen LogP contribution in [0.15, 0.2) is 0 Å². The van der Waals surface area contributed by atoms with Gasteiger partial charge in [0.15, 0.2) is 0 Å². The van der Waals surface area contributed by atoms with Crippen LogP contribution in [0.5, 0.6) is 0 Å². The Morgan fingerprint density at radius 3 is 2.40 bits per heavy atom. The lowest BCUT2D eigenvalue weighted by Crippen LogP contribution is -2.41. The van der Waals surface area contributed by atoms with Gasteiger partial charge in [0, 0.05) is 6.04 Å². The van der Waals surface area contributed by atoms with E-state index in [9.17, 15) is 18.3 Å². The lowest BCUT2D eigenvalue weighted by atomic mass is 10.2. The summed E-state index contributed by atoms with van der Waals surface area (Å²) in [5.74, 6) is 0. The zero-order chi connectivity index (χ0) is 11.5. The minimum Gasteiger partial charge on any atom is -0.393 e. The van der Waals surface area contributed by atoms with E-state index in [0.29, 0.717) is 32.2 Å². The molecule has 0 aromatic heterocycles. The minimum atomic E-state index is -4.14. The second-order valence-corrected chi connectivity index (χ2v) is 4.21. The summed E-state index contributed by atoms with van der Waals surface area (Å²) < 4.78 is 36.8. The molecule has 1 N–H and O–H groups in total. The molecule has 0 aliphatic heterocycles. The van der Waals surface area contributed by atoms with Gasteiger partial charge in [0.25, 0.3) is 0 Å². The third-order valence-corrected chi connectivity index (χ3v) is 2.79. The first-order valence-electron chi connectivity index (χ1n) is 5.41. The third kappa shape index (κ3) is 4.38. The predicted octanol–water partition coefficient (Wildman–Crippen LogP) is 2.17. The Morgan fingerprint density at radius 1 is 1.33 bits per heavy atom. The number of aliphatic hydroxyl groups excluding tert-OH is 1. The van der Waals surface area contributed by atoms with Crippen molar-refractivity contribution >= 4 is 0 Å².